The van der Waals surface area contributed by atoms with Crippen molar-refractivity contribution in [2.75, 3.05) is 59.7 Å². The number of urea groups is 1. The van der Waals surface area contributed by atoms with Crippen LogP contribution in [0.15, 0.2) is 42.6 Å². The van der Waals surface area contributed by atoms with Gasteiger partial charge in [-0.15, -0.1) is 0 Å². The van der Waals surface area contributed by atoms with E-state index in [0.717, 1.165) is 17.8 Å². The number of halogens is 4. The lowest BCUT2D eigenvalue weighted by Crippen LogP contribution is -2.50. The van der Waals surface area contributed by atoms with Crippen molar-refractivity contribution in [3.05, 3.63) is 59.0 Å². The Balaban J connectivity index is 1.19. The molecule has 2 aromatic heterocycles. The molecule has 2 N–H and O–H groups in total. The van der Waals surface area contributed by atoms with Crippen LogP contribution in [0.25, 0.3) is 0 Å². The highest BCUT2D eigenvalue weighted by Crippen LogP contribution is 2.39. The number of anilines is 4. The Morgan fingerprint density at radius 1 is 1.00 bits per heavy atom. The van der Waals surface area contributed by atoms with Crippen LogP contribution in [0, 0.1) is 11.7 Å². The monoisotopic (exact) mass is 577 g/mol. The van der Waals surface area contributed by atoms with E-state index in [-0.39, 0.29) is 16.5 Å². The molecule has 0 radical (unpaired) electrons. The number of benzene rings is 1. The maximum Gasteiger partial charge on any atom is 0.435 e. The summed E-state index contributed by atoms with van der Waals surface area (Å²) in [5.74, 6) is -0.477. The van der Waals surface area contributed by atoms with Crippen molar-refractivity contribution < 1.29 is 27.2 Å². The second-order valence-corrected chi connectivity index (χ2v) is 10.7. The van der Waals surface area contributed by atoms with E-state index in [1.807, 2.05) is 11.8 Å². The first-order valence-corrected chi connectivity index (χ1v) is 13.6. The second kappa shape index (κ2) is 11.3. The number of hydrogen-bond donors (Lipinski definition) is 2. The number of rotatable bonds is 5. The first-order valence-electron chi connectivity index (χ1n) is 12.7. The highest BCUT2D eigenvalue weighted by atomic mass is 32.1. The Morgan fingerprint density at radius 3 is 2.38 bits per heavy atom. The topological polar surface area (TPSA) is 93.7 Å². The summed E-state index contributed by atoms with van der Waals surface area (Å²) >= 11 is 0.739. The summed E-state index contributed by atoms with van der Waals surface area (Å²) in [7, 11) is 0. The van der Waals surface area contributed by atoms with E-state index in [9.17, 15) is 27.2 Å². The minimum atomic E-state index is -4.76. The standard InChI is InChI=1S/C26H27F4N7O2S/c1-16-8-9-37(15-16)25-34-22(26(28,29)30)21(40-25)23(38)32-17-6-7-20(31-14-17)35-10-12-36(13-11-35)24(39)33-19-5-3-2-4-18(19)27/h2-7,14,16H,8-13,15H2,1H3,(H,32,38)(H,33,39). The summed E-state index contributed by atoms with van der Waals surface area (Å²) in [5.41, 5.74) is -0.836. The minimum absolute atomic E-state index is 0.108. The Hall–Kier alpha value is -3.94. The van der Waals surface area contributed by atoms with Crippen LogP contribution in [0.2, 0.25) is 0 Å². The van der Waals surface area contributed by atoms with E-state index in [1.165, 1.54) is 24.4 Å². The van der Waals surface area contributed by atoms with E-state index >= 15 is 0 Å². The molecule has 1 atom stereocenters. The van der Waals surface area contributed by atoms with Crippen LogP contribution < -0.4 is 20.4 Å². The van der Waals surface area contributed by atoms with Gasteiger partial charge in [-0.05, 0) is 36.6 Å². The maximum absolute atomic E-state index is 13.8. The van der Waals surface area contributed by atoms with Crippen LogP contribution in [-0.4, -0.2) is 66.1 Å². The van der Waals surface area contributed by atoms with Crippen LogP contribution in [-0.2, 0) is 6.18 Å². The average Bonchev–Trinajstić information content (AvgIpc) is 3.57. The van der Waals surface area contributed by atoms with Crippen LogP contribution in [0.3, 0.4) is 0 Å². The molecule has 0 bridgehead atoms. The molecule has 0 aliphatic carbocycles. The summed E-state index contributed by atoms with van der Waals surface area (Å²) in [6.07, 6.45) is -2.53. The van der Waals surface area contributed by atoms with Gasteiger partial charge in [-0.25, -0.2) is 19.2 Å². The normalized spacial score (nSPS) is 17.7. The third kappa shape index (κ3) is 6.11. The van der Waals surface area contributed by atoms with Gasteiger partial charge in [0.2, 0.25) is 0 Å². The number of nitrogens with zero attached hydrogens (tertiary/aromatic N) is 5. The molecule has 1 aromatic carbocycles. The fraction of sp³-hybridized carbons (Fsp3) is 0.385. The van der Waals surface area contributed by atoms with Gasteiger partial charge in [0, 0.05) is 39.3 Å². The minimum Gasteiger partial charge on any atom is -0.353 e. The Morgan fingerprint density at radius 2 is 1.75 bits per heavy atom. The van der Waals surface area contributed by atoms with Gasteiger partial charge >= 0.3 is 12.2 Å². The summed E-state index contributed by atoms with van der Waals surface area (Å²) in [5, 5.41) is 5.26. The van der Waals surface area contributed by atoms with Crippen molar-refractivity contribution in [2.24, 2.45) is 5.92 Å². The summed E-state index contributed by atoms with van der Waals surface area (Å²) in [6, 6.07) is 8.74. The smallest absolute Gasteiger partial charge is 0.353 e. The van der Waals surface area contributed by atoms with E-state index in [1.54, 1.807) is 28.0 Å². The number of aromatic nitrogens is 2. The summed E-state index contributed by atoms with van der Waals surface area (Å²) in [6.45, 7) is 4.92. The van der Waals surface area contributed by atoms with Crippen molar-refractivity contribution in [1.29, 1.82) is 0 Å². The second-order valence-electron chi connectivity index (χ2n) is 9.76. The van der Waals surface area contributed by atoms with Crippen molar-refractivity contribution in [1.82, 2.24) is 14.9 Å². The zero-order valence-corrected chi connectivity index (χ0v) is 22.4. The molecule has 3 amide bonds. The zero-order chi connectivity index (χ0) is 28.4. The van der Waals surface area contributed by atoms with Crippen LogP contribution in [0.4, 0.5) is 44.7 Å². The molecule has 14 heteroatoms. The van der Waals surface area contributed by atoms with Gasteiger partial charge in [-0.2, -0.15) is 13.2 Å². The number of alkyl halides is 3. The number of thiazole rings is 1. The first-order chi connectivity index (χ1) is 19.1. The largest absolute Gasteiger partial charge is 0.435 e. The number of hydrogen-bond acceptors (Lipinski definition) is 7. The molecule has 212 valence electrons. The molecular weight excluding hydrogens is 550 g/mol. The van der Waals surface area contributed by atoms with Crippen molar-refractivity contribution in [3.63, 3.8) is 0 Å². The molecule has 1 unspecified atom stereocenters. The Labute approximate surface area is 231 Å². The molecule has 2 aliphatic rings. The molecule has 2 fully saturated rings. The molecule has 9 nitrogen and oxygen atoms in total. The molecule has 4 heterocycles. The van der Waals surface area contributed by atoms with Gasteiger partial charge < -0.3 is 25.3 Å². The third-order valence-electron chi connectivity index (χ3n) is 6.80. The summed E-state index contributed by atoms with van der Waals surface area (Å²) in [4.78, 5) is 38.3. The fourth-order valence-electron chi connectivity index (χ4n) is 4.63. The highest BCUT2D eigenvalue weighted by Gasteiger charge is 2.41. The van der Waals surface area contributed by atoms with Gasteiger partial charge in [0.05, 0.1) is 17.6 Å². The van der Waals surface area contributed by atoms with E-state index in [4.69, 9.17) is 0 Å². The van der Waals surface area contributed by atoms with E-state index in [0.29, 0.717) is 51.0 Å². The number of pyridine rings is 1. The van der Waals surface area contributed by atoms with Crippen molar-refractivity contribution in [2.45, 2.75) is 19.5 Å². The third-order valence-corrected chi connectivity index (χ3v) is 7.91. The molecule has 2 aliphatic heterocycles. The van der Waals surface area contributed by atoms with Gasteiger partial charge in [0.15, 0.2) is 10.8 Å². The van der Waals surface area contributed by atoms with Crippen LogP contribution in [0.5, 0.6) is 0 Å². The average molecular weight is 578 g/mol. The summed E-state index contributed by atoms with van der Waals surface area (Å²) < 4.78 is 54.8. The first kappa shape index (κ1) is 27.6. The molecule has 3 aromatic rings. The highest BCUT2D eigenvalue weighted by molar-refractivity contribution is 7.17. The SMILES string of the molecule is CC1CCN(c2nc(C(F)(F)F)c(C(=O)Nc3ccc(N4CCN(C(=O)Nc5ccccc5F)CC4)nc3)s2)C1. The van der Waals surface area contributed by atoms with Gasteiger partial charge in [0.1, 0.15) is 16.5 Å². The fourth-order valence-corrected chi connectivity index (χ4v) is 5.65. The van der Waals surface area contributed by atoms with Gasteiger partial charge in [-0.1, -0.05) is 30.4 Å². The Bertz CT molecular complexity index is 1370. The lowest BCUT2D eigenvalue weighted by Gasteiger charge is -2.35. The number of carbonyl (C=O) groups excluding carboxylic acids is 2. The van der Waals surface area contributed by atoms with Crippen molar-refractivity contribution in [3.8, 4) is 0 Å². The van der Waals surface area contributed by atoms with Gasteiger partial charge in [-0.3, -0.25) is 4.79 Å². The number of carbonyl (C=O) groups is 2. The zero-order valence-electron chi connectivity index (χ0n) is 21.5. The molecule has 40 heavy (non-hydrogen) atoms. The van der Waals surface area contributed by atoms with Crippen LogP contribution in [0.1, 0.15) is 28.7 Å². The van der Waals surface area contributed by atoms with Crippen LogP contribution >= 0.6 is 11.3 Å². The lowest BCUT2D eigenvalue weighted by atomic mass is 10.2. The molecular formula is C26H27F4N7O2S. The molecule has 5 rings (SSSR count). The maximum atomic E-state index is 13.8. The quantitative estimate of drug-likeness (QED) is 0.408. The lowest BCUT2D eigenvalue weighted by molar-refractivity contribution is -0.141. The predicted octanol–water partition coefficient (Wildman–Crippen LogP) is 5.15. The van der Waals surface area contributed by atoms with E-state index in [2.05, 4.69) is 20.6 Å². The van der Waals surface area contributed by atoms with E-state index < -0.39 is 34.5 Å². The molecule has 2 saturated heterocycles. The molecule has 0 saturated carbocycles. The van der Waals surface area contributed by atoms with Gasteiger partial charge in [0.25, 0.3) is 5.91 Å². The Kier molecular flexibility index (Phi) is 7.79. The number of piperazine rings is 1. The van der Waals surface area contributed by atoms with Crippen molar-refractivity contribution >= 4 is 45.6 Å². The number of para-hydroxylation sites is 1. The molecule has 0 spiro atoms. The number of amides is 3. The number of nitrogens with one attached hydrogen (secondary N) is 2. The predicted molar refractivity (Wildman–Crippen MR) is 145 cm³/mol.